The van der Waals surface area contributed by atoms with Gasteiger partial charge >= 0.3 is 5.97 Å². The van der Waals surface area contributed by atoms with Crippen molar-refractivity contribution >= 4 is 57.5 Å². The van der Waals surface area contributed by atoms with Gasteiger partial charge in [0.05, 0.1) is 32.5 Å². The number of rotatable bonds is 5. The minimum Gasteiger partial charge on any atom is -0.454 e. The molecule has 0 amide bonds. The molecule has 5 rings (SSSR count). The zero-order valence-corrected chi connectivity index (χ0v) is 19.6. The summed E-state index contributed by atoms with van der Waals surface area (Å²) < 4.78 is 5.48. The Bertz CT molecular complexity index is 1440. The van der Waals surface area contributed by atoms with Gasteiger partial charge in [0.25, 0.3) is 0 Å². The number of aromatic nitrogens is 2. The van der Waals surface area contributed by atoms with Crippen molar-refractivity contribution in [3.63, 3.8) is 0 Å². The molecular weight excluding hydrogens is 471 g/mol. The van der Waals surface area contributed by atoms with E-state index in [0.29, 0.717) is 38.6 Å². The molecule has 0 aliphatic heterocycles. The predicted octanol–water partition coefficient (Wildman–Crippen LogP) is 6.79. The molecule has 1 aliphatic carbocycles. The number of benzene rings is 2. The average molecular weight is 491 g/mol. The summed E-state index contributed by atoms with van der Waals surface area (Å²) in [6, 6.07) is 16.3. The summed E-state index contributed by atoms with van der Waals surface area (Å²) in [6.07, 6.45) is 5.96. The van der Waals surface area contributed by atoms with Crippen LogP contribution in [0.3, 0.4) is 0 Å². The third-order valence-electron chi connectivity index (χ3n) is 5.92. The van der Waals surface area contributed by atoms with Gasteiger partial charge in [0, 0.05) is 11.6 Å². The molecule has 0 saturated carbocycles. The molecule has 1 N–H and O–H groups in total. The number of H-pyrrole nitrogens is 1. The van der Waals surface area contributed by atoms with Crippen molar-refractivity contribution in [2.75, 3.05) is 6.61 Å². The number of carbonyl (C=O) groups is 2. The first-order valence-electron chi connectivity index (χ1n) is 10.9. The van der Waals surface area contributed by atoms with E-state index in [1.54, 1.807) is 24.4 Å². The molecule has 0 radical (unpaired) electrons. The third kappa shape index (κ3) is 4.25. The number of nitrogens with zero attached hydrogens (tertiary/aromatic N) is 1. The van der Waals surface area contributed by atoms with E-state index in [4.69, 9.17) is 32.9 Å². The zero-order valence-electron chi connectivity index (χ0n) is 18.1. The Balaban J connectivity index is 1.57. The van der Waals surface area contributed by atoms with Crippen LogP contribution in [0.25, 0.3) is 22.6 Å². The summed E-state index contributed by atoms with van der Waals surface area (Å²) in [7, 11) is 0. The fraction of sp³-hybridized carbons (Fsp3) is 0.148. The lowest BCUT2D eigenvalue weighted by molar-refractivity contribution is 0.0474. The summed E-state index contributed by atoms with van der Waals surface area (Å²) in [4.78, 5) is 33.4. The van der Waals surface area contributed by atoms with Crippen molar-refractivity contribution in [2.24, 2.45) is 0 Å². The van der Waals surface area contributed by atoms with Crippen molar-refractivity contribution in [3.05, 3.63) is 98.9 Å². The summed E-state index contributed by atoms with van der Waals surface area (Å²) in [5.74, 6) is -0.821. The SMILES string of the molecule is O=C(COC(=O)c1c2c(nc3ccccc13)C(=Cc1cccc(Cl)c1Cl)CCC2)c1ccc[nH]1. The normalized spacial score (nSPS) is 14.2. The van der Waals surface area contributed by atoms with E-state index in [1.807, 2.05) is 42.5 Å². The highest BCUT2D eigenvalue weighted by Crippen LogP contribution is 2.38. The monoisotopic (exact) mass is 490 g/mol. The van der Waals surface area contributed by atoms with Crippen LogP contribution in [0.15, 0.2) is 60.8 Å². The van der Waals surface area contributed by atoms with Gasteiger partial charge in [-0.2, -0.15) is 0 Å². The minimum atomic E-state index is -0.531. The van der Waals surface area contributed by atoms with Crippen LogP contribution in [-0.2, 0) is 11.2 Å². The minimum absolute atomic E-state index is 0.290. The number of ketones is 1. The van der Waals surface area contributed by atoms with Crippen LogP contribution in [0.5, 0.6) is 0 Å². The van der Waals surface area contributed by atoms with Crippen LogP contribution in [-0.4, -0.2) is 28.3 Å². The third-order valence-corrected chi connectivity index (χ3v) is 6.75. The molecule has 0 spiro atoms. The second-order valence-electron chi connectivity index (χ2n) is 8.08. The van der Waals surface area contributed by atoms with E-state index in [1.165, 1.54) is 0 Å². The molecule has 0 bridgehead atoms. The zero-order chi connectivity index (χ0) is 23.7. The number of nitrogens with one attached hydrogen (secondary N) is 1. The topological polar surface area (TPSA) is 72.1 Å². The van der Waals surface area contributed by atoms with E-state index < -0.39 is 5.97 Å². The van der Waals surface area contributed by atoms with Gasteiger partial charge < -0.3 is 9.72 Å². The second kappa shape index (κ2) is 9.45. The molecule has 2 heterocycles. The lowest BCUT2D eigenvalue weighted by Crippen LogP contribution is -2.18. The van der Waals surface area contributed by atoms with Crippen LogP contribution >= 0.6 is 23.2 Å². The number of hydrogen-bond donors (Lipinski definition) is 1. The lowest BCUT2D eigenvalue weighted by Gasteiger charge is -2.22. The van der Waals surface area contributed by atoms with Crippen LogP contribution in [0.2, 0.25) is 10.0 Å². The van der Waals surface area contributed by atoms with Gasteiger partial charge in [-0.1, -0.05) is 53.5 Å². The maximum Gasteiger partial charge on any atom is 0.339 e. The molecule has 0 atom stereocenters. The molecule has 7 heteroatoms. The number of allylic oxidation sites excluding steroid dienone is 1. The van der Waals surface area contributed by atoms with Crippen molar-refractivity contribution in [1.29, 1.82) is 0 Å². The fourth-order valence-corrected chi connectivity index (χ4v) is 4.67. The van der Waals surface area contributed by atoms with Crippen molar-refractivity contribution in [2.45, 2.75) is 19.3 Å². The smallest absolute Gasteiger partial charge is 0.339 e. The number of pyridine rings is 1. The van der Waals surface area contributed by atoms with E-state index >= 15 is 0 Å². The van der Waals surface area contributed by atoms with Gasteiger partial charge in [-0.3, -0.25) is 4.79 Å². The van der Waals surface area contributed by atoms with Gasteiger partial charge in [-0.05, 0) is 66.3 Å². The van der Waals surface area contributed by atoms with Crippen LogP contribution in [0.1, 0.15) is 50.5 Å². The Morgan fingerprint density at radius 2 is 1.88 bits per heavy atom. The summed E-state index contributed by atoms with van der Waals surface area (Å²) in [5.41, 5.74) is 4.91. The van der Waals surface area contributed by atoms with Gasteiger partial charge in [0.1, 0.15) is 0 Å². The lowest BCUT2D eigenvalue weighted by atomic mass is 9.86. The molecule has 0 fully saturated rings. The highest BCUT2D eigenvalue weighted by Gasteiger charge is 2.26. The highest BCUT2D eigenvalue weighted by atomic mass is 35.5. The van der Waals surface area contributed by atoms with E-state index in [9.17, 15) is 9.59 Å². The molecule has 0 unspecified atom stereocenters. The number of halogens is 2. The molecule has 34 heavy (non-hydrogen) atoms. The van der Waals surface area contributed by atoms with Crippen LogP contribution in [0, 0.1) is 0 Å². The number of Topliss-reactive ketones (excluding diaryl/α,β-unsaturated/α-hetero) is 1. The van der Waals surface area contributed by atoms with Crippen LogP contribution in [0.4, 0.5) is 0 Å². The summed E-state index contributed by atoms with van der Waals surface area (Å²) >= 11 is 12.6. The molecule has 170 valence electrons. The first-order chi connectivity index (χ1) is 16.5. The fourth-order valence-electron chi connectivity index (χ4n) is 4.31. The molecule has 1 aliphatic rings. The Morgan fingerprint density at radius 3 is 2.71 bits per heavy atom. The predicted molar refractivity (Wildman–Crippen MR) is 134 cm³/mol. The number of fused-ring (bicyclic) bond motifs is 2. The maximum absolute atomic E-state index is 13.3. The number of para-hydroxylation sites is 1. The molecule has 4 aromatic rings. The first-order valence-corrected chi connectivity index (χ1v) is 11.7. The highest BCUT2D eigenvalue weighted by molar-refractivity contribution is 6.43. The Morgan fingerprint density at radius 1 is 1.03 bits per heavy atom. The summed E-state index contributed by atoms with van der Waals surface area (Å²) in [5, 5.41) is 1.67. The molecule has 2 aromatic heterocycles. The average Bonchev–Trinajstić information content (AvgIpc) is 3.39. The van der Waals surface area contributed by atoms with Crippen LogP contribution < -0.4 is 0 Å². The van der Waals surface area contributed by atoms with Crippen molar-refractivity contribution in [3.8, 4) is 0 Å². The van der Waals surface area contributed by atoms with Gasteiger partial charge in [-0.15, -0.1) is 0 Å². The number of aromatic amines is 1. The van der Waals surface area contributed by atoms with E-state index in [2.05, 4.69) is 4.98 Å². The second-order valence-corrected chi connectivity index (χ2v) is 8.87. The molecular formula is C27H20Cl2N2O3. The van der Waals surface area contributed by atoms with Crippen molar-refractivity contribution < 1.29 is 14.3 Å². The van der Waals surface area contributed by atoms with E-state index in [-0.39, 0.29) is 12.4 Å². The van der Waals surface area contributed by atoms with E-state index in [0.717, 1.165) is 35.2 Å². The largest absolute Gasteiger partial charge is 0.454 e. The Labute approximate surface area is 206 Å². The maximum atomic E-state index is 13.3. The van der Waals surface area contributed by atoms with Crippen molar-refractivity contribution in [1.82, 2.24) is 9.97 Å². The summed E-state index contributed by atoms with van der Waals surface area (Å²) in [6.45, 7) is -0.342. The molecule has 5 nitrogen and oxygen atoms in total. The molecule has 0 saturated heterocycles. The number of hydrogen-bond acceptors (Lipinski definition) is 4. The standard InChI is InChI=1S/C27H20Cl2N2O3/c28-20-10-4-6-16(25(20)29)14-17-7-3-9-19-24(18-8-1-2-11-21(18)31-26(17)19)27(33)34-15-23(32)22-12-5-13-30-22/h1-2,4-6,8,10-14,30H,3,7,9,15H2. The molecule has 2 aromatic carbocycles. The van der Waals surface area contributed by atoms with Gasteiger partial charge in [0.2, 0.25) is 5.78 Å². The first kappa shape index (κ1) is 22.4. The Kier molecular flexibility index (Phi) is 6.22. The van der Waals surface area contributed by atoms with Gasteiger partial charge in [0.15, 0.2) is 6.61 Å². The van der Waals surface area contributed by atoms with Gasteiger partial charge in [-0.25, -0.2) is 9.78 Å². The number of esters is 1. The number of ether oxygens (including phenoxy) is 1. The quantitative estimate of drug-likeness (QED) is 0.247. The number of carbonyl (C=O) groups excluding carboxylic acids is 2. The Hall–Kier alpha value is -3.41.